The molecule has 9 nitrogen and oxygen atoms in total. The van der Waals surface area contributed by atoms with E-state index in [0.717, 1.165) is 19.5 Å². The Hall–Kier alpha value is -1.97. The second-order valence-corrected chi connectivity index (χ2v) is 9.63. The van der Waals surface area contributed by atoms with Gasteiger partial charge in [0.05, 0.1) is 37.7 Å². The van der Waals surface area contributed by atoms with Gasteiger partial charge in [-0.3, -0.25) is 19.3 Å². The number of hydrogen-bond acceptors (Lipinski definition) is 6. The van der Waals surface area contributed by atoms with E-state index in [4.69, 9.17) is 4.74 Å². The molecule has 2 fully saturated rings. The minimum Gasteiger partial charge on any atom is -0.394 e. The highest BCUT2D eigenvalue weighted by Crippen LogP contribution is 2.46. The van der Waals surface area contributed by atoms with E-state index < -0.39 is 29.8 Å². The number of morpholine rings is 1. The molecule has 6 atom stereocenters. The van der Waals surface area contributed by atoms with Crippen molar-refractivity contribution in [2.45, 2.75) is 39.3 Å². The number of carbonyl (C=O) groups is 3. The van der Waals surface area contributed by atoms with Gasteiger partial charge in [0.2, 0.25) is 17.7 Å². The van der Waals surface area contributed by atoms with Gasteiger partial charge >= 0.3 is 0 Å². The van der Waals surface area contributed by atoms with Crippen molar-refractivity contribution in [1.82, 2.24) is 20.4 Å². The summed E-state index contributed by atoms with van der Waals surface area (Å²) in [5.74, 6) is -2.24. The smallest absolute Gasteiger partial charge is 0.243 e. The van der Waals surface area contributed by atoms with E-state index in [0.29, 0.717) is 26.3 Å². The van der Waals surface area contributed by atoms with Crippen LogP contribution < -0.4 is 10.6 Å². The van der Waals surface area contributed by atoms with Crippen LogP contribution in [0.2, 0.25) is 0 Å². The molecule has 2 heterocycles. The summed E-state index contributed by atoms with van der Waals surface area (Å²) >= 11 is 0. The van der Waals surface area contributed by atoms with Crippen molar-refractivity contribution in [3.05, 3.63) is 12.2 Å². The number of nitrogens with zero attached hydrogens (tertiary/aromatic N) is 2. The minimum absolute atomic E-state index is 0.0350. The van der Waals surface area contributed by atoms with Crippen molar-refractivity contribution in [1.29, 1.82) is 0 Å². The summed E-state index contributed by atoms with van der Waals surface area (Å²) < 4.78 is 5.37. The van der Waals surface area contributed by atoms with Gasteiger partial charge in [-0.1, -0.05) is 32.9 Å². The lowest BCUT2D eigenvalue weighted by molar-refractivity contribution is -0.144. The zero-order valence-corrected chi connectivity index (χ0v) is 20.3. The van der Waals surface area contributed by atoms with E-state index >= 15 is 0 Å². The Morgan fingerprint density at radius 3 is 2.48 bits per heavy atom. The lowest BCUT2D eigenvalue weighted by Gasteiger charge is -2.35. The highest BCUT2D eigenvalue weighted by Gasteiger charge is 2.58. The highest BCUT2D eigenvalue weighted by molar-refractivity contribution is 5.97. The van der Waals surface area contributed by atoms with E-state index in [-0.39, 0.29) is 36.2 Å². The Morgan fingerprint density at radius 1 is 1.21 bits per heavy atom. The fourth-order valence-corrected chi connectivity index (χ4v) is 5.60. The molecule has 3 rings (SSSR count). The van der Waals surface area contributed by atoms with E-state index in [1.807, 2.05) is 32.9 Å². The van der Waals surface area contributed by atoms with Crippen LogP contribution in [0.25, 0.3) is 0 Å². The van der Waals surface area contributed by atoms with Crippen LogP contribution >= 0.6 is 0 Å². The molecule has 3 amide bonds. The first-order valence-electron chi connectivity index (χ1n) is 12.3. The van der Waals surface area contributed by atoms with Crippen LogP contribution in [0.4, 0.5) is 0 Å². The Bertz CT molecular complexity index is 736. The van der Waals surface area contributed by atoms with E-state index in [1.54, 1.807) is 11.9 Å². The molecule has 0 saturated carbocycles. The molecule has 1 aliphatic carbocycles. The number of aliphatic hydroxyl groups is 1. The van der Waals surface area contributed by atoms with Gasteiger partial charge in [0.1, 0.15) is 6.04 Å². The van der Waals surface area contributed by atoms with Crippen LogP contribution in [0, 0.1) is 29.6 Å². The SMILES string of the molecule is CC[C@@H]1C=C[C@H]2[C@@H](C(=O)N([C@@H](CO)C(C)C)[C@@H]2C(=O)NCCN2CCOCC2)[C@@H]1C(=O)NC. The summed E-state index contributed by atoms with van der Waals surface area (Å²) in [6.45, 7) is 9.89. The van der Waals surface area contributed by atoms with Crippen molar-refractivity contribution < 1.29 is 24.2 Å². The van der Waals surface area contributed by atoms with Gasteiger partial charge in [-0.2, -0.15) is 0 Å². The topological polar surface area (TPSA) is 111 Å². The van der Waals surface area contributed by atoms with Crippen LogP contribution in [-0.2, 0) is 19.1 Å². The molecule has 3 aliphatic rings. The van der Waals surface area contributed by atoms with Gasteiger partial charge in [-0.05, 0) is 18.3 Å². The largest absolute Gasteiger partial charge is 0.394 e. The number of hydrogen-bond donors (Lipinski definition) is 3. The zero-order chi connectivity index (χ0) is 24.1. The first-order valence-corrected chi connectivity index (χ1v) is 12.3. The third-order valence-corrected chi connectivity index (χ3v) is 7.48. The summed E-state index contributed by atoms with van der Waals surface area (Å²) in [4.78, 5) is 43.9. The molecule has 9 heteroatoms. The Morgan fingerprint density at radius 2 is 1.91 bits per heavy atom. The maximum atomic E-state index is 13.8. The van der Waals surface area contributed by atoms with Crippen LogP contribution in [0.15, 0.2) is 12.2 Å². The fraction of sp³-hybridized carbons (Fsp3) is 0.792. The van der Waals surface area contributed by atoms with E-state index in [2.05, 4.69) is 15.5 Å². The van der Waals surface area contributed by atoms with Gasteiger partial charge in [0.15, 0.2) is 0 Å². The van der Waals surface area contributed by atoms with Gasteiger partial charge in [0.25, 0.3) is 0 Å². The summed E-state index contributed by atoms with van der Waals surface area (Å²) in [5, 5.41) is 15.9. The fourth-order valence-electron chi connectivity index (χ4n) is 5.60. The molecular formula is C24H40N4O5. The third-order valence-electron chi connectivity index (χ3n) is 7.48. The number of aliphatic hydroxyl groups excluding tert-OH is 1. The quantitative estimate of drug-likeness (QED) is 0.410. The predicted octanol–water partition coefficient (Wildman–Crippen LogP) is -0.147. The van der Waals surface area contributed by atoms with Crippen LogP contribution in [0.5, 0.6) is 0 Å². The number of ether oxygens (including phenoxy) is 1. The number of allylic oxidation sites excluding steroid dienone is 1. The average molecular weight is 465 g/mol. The molecule has 0 aromatic rings. The van der Waals surface area contributed by atoms with Crippen molar-refractivity contribution in [2.75, 3.05) is 53.0 Å². The van der Waals surface area contributed by atoms with Crippen LogP contribution in [-0.4, -0.2) is 97.8 Å². The molecule has 0 radical (unpaired) electrons. The molecule has 2 aliphatic heterocycles. The highest BCUT2D eigenvalue weighted by atomic mass is 16.5. The number of nitrogens with one attached hydrogen (secondary N) is 2. The summed E-state index contributed by atoms with van der Waals surface area (Å²) in [5.41, 5.74) is 0. The predicted molar refractivity (Wildman–Crippen MR) is 124 cm³/mol. The Labute approximate surface area is 196 Å². The lowest BCUT2D eigenvalue weighted by Crippen LogP contribution is -2.54. The van der Waals surface area contributed by atoms with E-state index in [9.17, 15) is 19.5 Å². The Balaban J connectivity index is 1.86. The maximum absolute atomic E-state index is 13.8. The van der Waals surface area contributed by atoms with Gasteiger partial charge < -0.3 is 25.4 Å². The van der Waals surface area contributed by atoms with Crippen molar-refractivity contribution >= 4 is 17.7 Å². The summed E-state index contributed by atoms with van der Waals surface area (Å²) in [6.07, 6.45) is 4.68. The molecule has 0 aromatic carbocycles. The molecule has 0 spiro atoms. The molecule has 3 N–H and O–H groups in total. The monoisotopic (exact) mass is 464 g/mol. The van der Waals surface area contributed by atoms with Gasteiger partial charge in [-0.25, -0.2) is 0 Å². The number of rotatable bonds is 9. The molecule has 0 aromatic heterocycles. The molecule has 0 unspecified atom stereocenters. The molecular weight excluding hydrogens is 424 g/mol. The average Bonchev–Trinajstić information content (AvgIpc) is 3.11. The number of fused-ring (bicyclic) bond motifs is 1. The first kappa shape index (κ1) is 25.6. The molecule has 2 saturated heterocycles. The third kappa shape index (κ3) is 5.25. The molecule has 186 valence electrons. The summed E-state index contributed by atoms with van der Waals surface area (Å²) in [7, 11) is 1.58. The Kier molecular flexibility index (Phi) is 8.89. The van der Waals surface area contributed by atoms with Crippen molar-refractivity contribution in [2.24, 2.45) is 29.6 Å². The molecule has 0 bridgehead atoms. The second-order valence-electron chi connectivity index (χ2n) is 9.63. The summed E-state index contributed by atoms with van der Waals surface area (Å²) in [6, 6.07) is -1.23. The van der Waals surface area contributed by atoms with E-state index in [1.165, 1.54) is 0 Å². The minimum atomic E-state index is -0.743. The van der Waals surface area contributed by atoms with Crippen molar-refractivity contribution in [3.8, 4) is 0 Å². The number of amides is 3. The first-order chi connectivity index (χ1) is 15.8. The van der Waals surface area contributed by atoms with Crippen molar-refractivity contribution in [3.63, 3.8) is 0 Å². The van der Waals surface area contributed by atoms with Crippen LogP contribution in [0.3, 0.4) is 0 Å². The normalized spacial score (nSPS) is 30.9. The standard InChI is InChI=1S/C24H40N4O5/c1-5-16-6-7-17-20(19(16)22(30)25-4)24(32)28(18(14-29)15(2)3)21(17)23(31)26-8-9-27-10-12-33-13-11-27/h6-7,15-21,29H,5,8-14H2,1-4H3,(H,25,30)(H,26,31)/t16-,17+,18+,19-,20-,21+/m1/s1. The second kappa shape index (κ2) is 11.4. The number of likely N-dealkylation sites (tertiary alicyclic amines) is 1. The lowest BCUT2D eigenvalue weighted by atomic mass is 9.69. The van der Waals surface area contributed by atoms with Gasteiger partial charge in [0, 0.05) is 39.1 Å². The van der Waals surface area contributed by atoms with Gasteiger partial charge in [-0.15, -0.1) is 0 Å². The number of carbonyl (C=O) groups excluding carboxylic acids is 3. The maximum Gasteiger partial charge on any atom is 0.243 e. The molecule has 33 heavy (non-hydrogen) atoms. The zero-order valence-electron chi connectivity index (χ0n) is 20.3. The van der Waals surface area contributed by atoms with Crippen LogP contribution in [0.1, 0.15) is 27.2 Å².